The van der Waals surface area contributed by atoms with Gasteiger partial charge < -0.3 is 9.84 Å². The van der Waals surface area contributed by atoms with Crippen molar-refractivity contribution in [1.29, 1.82) is 0 Å². The van der Waals surface area contributed by atoms with Crippen LogP contribution in [0.15, 0.2) is 18.2 Å². The Labute approximate surface area is 111 Å². The highest BCUT2D eigenvalue weighted by Gasteiger charge is 2.26. The minimum absolute atomic E-state index is 0.171. The minimum atomic E-state index is -0.794. The molecule has 1 unspecified atom stereocenters. The van der Waals surface area contributed by atoms with Gasteiger partial charge in [-0.1, -0.05) is 39.8 Å². The molecule has 1 atom stereocenters. The van der Waals surface area contributed by atoms with E-state index in [2.05, 4.69) is 32.9 Å². The maximum atomic E-state index is 10.2. The maximum Gasteiger partial charge on any atom is 0.123 e. The molecule has 0 aliphatic rings. The summed E-state index contributed by atoms with van der Waals surface area (Å²) in [5, 5.41) is 10.2. The highest BCUT2D eigenvalue weighted by molar-refractivity contribution is 5.39. The number of hydrogen-bond donors (Lipinski definition) is 1. The van der Waals surface area contributed by atoms with Crippen LogP contribution in [0, 0.1) is 12.8 Å². The van der Waals surface area contributed by atoms with E-state index in [1.807, 2.05) is 26.8 Å². The summed E-state index contributed by atoms with van der Waals surface area (Å²) in [6.45, 7) is 12.5. The molecule has 2 nitrogen and oxygen atoms in total. The first kappa shape index (κ1) is 15.0. The molecule has 0 aliphatic heterocycles. The molecule has 0 fully saturated rings. The van der Waals surface area contributed by atoms with Crippen LogP contribution < -0.4 is 4.74 Å². The van der Waals surface area contributed by atoms with Crippen LogP contribution in [0.3, 0.4) is 0 Å². The summed E-state index contributed by atoms with van der Waals surface area (Å²) in [7, 11) is 0. The Morgan fingerprint density at radius 2 is 1.83 bits per heavy atom. The third-order valence-electron chi connectivity index (χ3n) is 3.55. The molecule has 1 aromatic rings. The second-order valence-corrected chi connectivity index (χ2v) is 6.00. The molecule has 0 saturated heterocycles. The number of aliphatic hydroxyl groups is 1. The van der Waals surface area contributed by atoms with Crippen molar-refractivity contribution in [2.75, 3.05) is 6.61 Å². The van der Waals surface area contributed by atoms with Crippen LogP contribution in [0.2, 0.25) is 0 Å². The zero-order chi connectivity index (χ0) is 13.9. The van der Waals surface area contributed by atoms with Gasteiger partial charge in [-0.25, -0.2) is 0 Å². The average Bonchev–Trinajstić information content (AvgIpc) is 2.26. The lowest BCUT2D eigenvalue weighted by atomic mass is 9.93. The van der Waals surface area contributed by atoms with Gasteiger partial charge in [-0.05, 0) is 42.9 Å². The number of benzene rings is 1. The molecule has 1 rings (SSSR count). The van der Waals surface area contributed by atoms with Crippen LogP contribution in [0.4, 0.5) is 0 Å². The Bertz CT molecular complexity index is 392. The van der Waals surface area contributed by atoms with Crippen LogP contribution in [0.25, 0.3) is 0 Å². The van der Waals surface area contributed by atoms with Gasteiger partial charge in [0.2, 0.25) is 0 Å². The van der Waals surface area contributed by atoms with E-state index in [0.29, 0.717) is 12.5 Å². The standard InChI is InChI=1S/C16H26O2/c1-11(2)14-8-7-13(5)9-15(14)18-10-16(6,17)12(3)4/h7-9,11-12,17H,10H2,1-6H3. The lowest BCUT2D eigenvalue weighted by Gasteiger charge is -2.28. The van der Waals surface area contributed by atoms with Crippen molar-refractivity contribution in [3.8, 4) is 5.75 Å². The van der Waals surface area contributed by atoms with Gasteiger partial charge in [0, 0.05) is 0 Å². The molecule has 1 N–H and O–H groups in total. The summed E-state index contributed by atoms with van der Waals surface area (Å²) in [5.74, 6) is 1.49. The summed E-state index contributed by atoms with van der Waals surface area (Å²) in [6.07, 6.45) is 0. The molecular weight excluding hydrogens is 224 g/mol. The zero-order valence-electron chi connectivity index (χ0n) is 12.4. The van der Waals surface area contributed by atoms with Gasteiger partial charge in [-0.3, -0.25) is 0 Å². The van der Waals surface area contributed by atoms with E-state index in [1.165, 1.54) is 11.1 Å². The topological polar surface area (TPSA) is 29.5 Å². The van der Waals surface area contributed by atoms with E-state index in [0.717, 1.165) is 5.75 Å². The molecule has 0 bridgehead atoms. The Morgan fingerprint density at radius 3 is 2.33 bits per heavy atom. The molecule has 0 aliphatic carbocycles. The Hall–Kier alpha value is -1.02. The first-order valence-electron chi connectivity index (χ1n) is 6.69. The lowest BCUT2D eigenvalue weighted by molar-refractivity contribution is -0.0269. The summed E-state index contributed by atoms with van der Waals surface area (Å²) >= 11 is 0. The second-order valence-electron chi connectivity index (χ2n) is 6.00. The zero-order valence-corrected chi connectivity index (χ0v) is 12.4. The highest BCUT2D eigenvalue weighted by atomic mass is 16.5. The predicted molar refractivity (Wildman–Crippen MR) is 76.2 cm³/mol. The van der Waals surface area contributed by atoms with Crippen molar-refractivity contribution in [3.63, 3.8) is 0 Å². The minimum Gasteiger partial charge on any atom is -0.490 e. The van der Waals surface area contributed by atoms with E-state index in [4.69, 9.17) is 4.74 Å². The van der Waals surface area contributed by atoms with Crippen molar-refractivity contribution in [3.05, 3.63) is 29.3 Å². The molecule has 2 heteroatoms. The van der Waals surface area contributed by atoms with Gasteiger partial charge in [0.25, 0.3) is 0 Å². The molecule has 0 amide bonds. The van der Waals surface area contributed by atoms with Crippen molar-refractivity contribution < 1.29 is 9.84 Å². The Morgan fingerprint density at radius 1 is 1.22 bits per heavy atom. The number of hydrogen-bond acceptors (Lipinski definition) is 2. The number of aryl methyl sites for hydroxylation is 1. The fourth-order valence-electron chi connectivity index (χ4n) is 1.63. The van der Waals surface area contributed by atoms with Crippen LogP contribution in [-0.4, -0.2) is 17.3 Å². The number of ether oxygens (including phenoxy) is 1. The lowest BCUT2D eigenvalue weighted by Crippen LogP contribution is -2.38. The average molecular weight is 250 g/mol. The summed E-state index contributed by atoms with van der Waals surface area (Å²) in [6, 6.07) is 6.26. The van der Waals surface area contributed by atoms with Crippen LogP contribution in [0.5, 0.6) is 5.75 Å². The van der Waals surface area contributed by atoms with Gasteiger partial charge >= 0.3 is 0 Å². The van der Waals surface area contributed by atoms with Crippen LogP contribution >= 0.6 is 0 Å². The normalized spacial score (nSPS) is 14.9. The van der Waals surface area contributed by atoms with E-state index >= 15 is 0 Å². The first-order valence-corrected chi connectivity index (χ1v) is 6.69. The molecule has 0 radical (unpaired) electrons. The largest absolute Gasteiger partial charge is 0.490 e. The SMILES string of the molecule is Cc1ccc(C(C)C)c(OCC(C)(O)C(C)C)c1. The third kappa shape index (κ3) is 3.74. The quantitative estimate of drug-likeness (QED) is 0.858. The third-order valence-corrected chi connectivity index (χ3v) is 3.55. The van der Waals surface area contributed by atoms with Crippen molar-refractivity contribution in [2.45, 2.75) is 53.1 Å². The van der Waals surface area contributed by atoms with Crippen LogP contribution in [0.1, 0.15) is 51.7 Å². The fraction of sp³-hybridized carbons (Fsp3) is 0.625. The van der Waals surface area contributed by atoms with E-state index < -0.39 is 5.60 Å². The highest BCUT2D eigenvalue weighted by Crippen LogP contribution is 2.29. The fourth-order valence-corrected chi connectivity index (χ4v) is 1.63. The van der Waals surface area contributed by atoms with Crippen molar-refractivity contribution in [1.82, 2.24) is 0 Å². The molecule has 0 heterocycles. The predicted octanol–water partition coefficient (Wildman–Crippen LogP) is 3.90. The first-order chi connectivity index (χ1) is 8.24. The Kier molecular flexibility index (Phi) is 4.80. The summed E-state index contributed by atoms with van der Waals surface area (Å²) < 4.78 is 5.86. The van der Waals surface area contributed by atoms with Gasteiger partial charge in [0.1, 0.15) is 12.4 Å². The van der Waals surface area contributed by atoms with E-state index in [-0.39, 0.29) is 5.92 Å². The smallest absolute Gasteiger partial charge is 0.123 e. The Balaban J connectivity index is 2.87. The van der Waals surface area contributed by atoms with Gasteiger partial charge in [-0.15, -0.1) is 0 Å². The molecule has 102 valence electrons. The molecule has 0 saturated carbocycles. The van der Waals surface area contributed by atoms with Crippen molar-refractivity contribution >= 4 is 0 Å². The van der Waals surface area contributed by atoms with E-state index in [1.54, 1.807) is 0 Å². The monoisotopic (exact) mass is 250 g/mol. The summed E-state index contributed by atoms with van der Waals surface area (Å²) in [5.41, 5.74) is 1.58. The van der Waals surface area contributed by atoms with Gasteiger partial charge in [0.15, 0.2) is 0 Å². The molecule has 0 spiro atoms. The maximum absolute atomic E-state index is 10.2. The van der Waals surface area contributed by atoms with Crippen LogP contribution in [-0.2, 0) is 0 Å². The summed E-state index contributed by atoms with van der Waals surface area (Å²) in [4.78, 5) is 0. The van der Waals surface area contributed by atoms with E-state index in [9.17, 15) is 5.11 Å². The molecular formula is C16H26O2. The molecule has 18 heavy (non-hydrogen) atoms. The molecule has 0 aromatic heterocycles. The second kappa shape index (κ2) is 5.75. The van der Waals surface area contributed by atoms with Gasteiger partial charge in [-0.2, -0.15) is 0 Å². The van der Waals surface area contributed by atoms with Gasteiger partial charge in [0.05, 0.1) is 5.60 Å². The number of rotatable bonds is 5. The molecule has 1 aromatic carbocycles. The van der Waals surface area contributed by atoms with Crippen molar-refractivity contribution in [2.24, 2.45) is 5.92 Å².